The van der Waals surface area contributed by atoms with Crippen molar-refractivity contribution in [2.75, 3.05) is 5.32 Å². The number of benzene rings is 1. The van der Waals surface area contributed by atoms with E-state index >= 15 is 0 Å². The van der Waals surface area contributed by atoms with Gasteiger partial charge in [-0.15, -0.1) is 0 Å². The molecular weight excluding hydrogens is 326 g/mol. The maximum absolute atomic E-state index is 12.1. The Morgan fingerprint density at radius 2 is 2.08 bits per heavy atom. The number of nitro benzene ring substituents is 1. The third kappa shape index (κ3) is 4.80. The largest absolute Gasteiger partial charge is 0.467 e. The van der Waals surface area contributed by atoms with Crippen molar-refractivity contribution in [3.8, 4) is 0 Å². The van der Waals surface area contributed by atoms with Gasteiger partial charge >= 0.3 is 6.03 Å². The molecule has 134 valence electrons. The first-order chi connectivity index (χ1) is 11.8. The quantitative estimate of drug-likeness (QED) is 0.546. The molecule has 2 aromatic rings. The average molecular weight is 347 g/mol. The Morgan fingerprint density at radius 1 is 1.36 bits per heavy atom. The molecule has 1 aromatic carbocycles. The van der Waals surface area contributed by atoms with Crippen molar-refractivity contribution < 1.29 is 19.2 Å². The number of aliphatic hydroxyl groups is 1. The van der Waals surface area contributed by atoms with Gasteiger partial charge in [-0.1, -0.05) is 0 Å². The maximum atomic E-state index is 12.1. The highest BCUT2D eigenvalue weighted by atomic mass is 16.6. The molecule has 2 amide bonds. The van der Waals surface area contributed by atoms with Crippen LogP contribution in [0.25, 0.3) is 0 Å². The van der Waals surface area contributed by atoms with Gasteiger partial charge in [-0.2, -0.15) is 0 Å². The van der Waals surface area contributed by atoms with E-state index in [-0.39, 0.29) is 18.2 Å². The molecule has 0 saturated carbocycles. The molecule has 2 atom stereocenters. The van der Waals surface area contributed by atoms with Gasteiger partial charge in [-0.3, -0.25) is 10.1 Å². The Hall–Kier alpha value is -2.87. The zero-order valence-electron chi connectivity index (χ0n) is 14.3. The Bertz CT molecular complexity index is 758. The summed E-state index contributed by atoms with van der Waals surface area (Å²) in [7, 11) is 0. The van der Waals surface area contributed by atoms with E-state index in [2.05, 4.69) is 10.6 Å². The number of amides is 2. The van der Waals surface area contributed by atoms with Gasteiger partial charge in [0.25, 0.3) is 5.69 Å². The third-order valence-corrected chi connectivity index (χ3v) is 3.81. The Balaban J connectivity index is 1.98. The van der Waals surface area contributed by atoms with Crippen LogP contribution in [-0.2, 0) is 0 Å². The average Bonchev–Trinajstić information content (AvgIpc) is 3.03. The summed E-state index contributed by atoms with van der Waals surface area (Å²) in [6.07, 6.45) is 0.914. The molecule has 0 aliphatic heterocycles. The van der Waals surface area contributed by atoms with Crippen molar-refractivity contribution in [1.82, 2.24) is 5.32 Å². The van der Waals surface area contributed by atoms with Gasteiger partial charge in [0.05, 0.1) is 16.9 Å². The predicted octanol–water partition coefficient (Wildman–Crippen LogP) is 3.44. The van der Waals surface area contributed by atoms with E-state index in [9.17, 15) is 20.0 Å². The van der Waals surface area contributed by atoms with E-state index in [1.165, 1.54) is 12.3 Å². The number of urea groups is 1. The van der Waals surface area contributed by atoms with Gasteiger partial charge in [0.15, 0.2) is 0 Å². The summed E-state index contributed by atoms with van der Waals surface area (Å²) in [5, 5.41) is 26.3. The van der Waals surface area contributed by atoms with Crippen molar-refractivity contribution in [2.24, 2.45) is 0 Å². The molecule has 2 rings (SSSR count). The van der Waals surface area contributed by atoms with Crippen molar-refractivity contribution >= 4 is 17.4 Å². The molecule has 0 radical (unpaired) electrons. The predicted molar refractivity (Wildman–Crippen MR) is 92.5 cm³/mol. The molecule has 1 heterocycles. The summed E-state index contributed by atoms with van der Waals surface area (Å²) >= 11 is 0. The fourth-order valence-electron chi connectivity index (χ4n) is 2.55. The van der Waals surface area contributed by atoms with Crippen molar-refractivity contribution in [3.05, 3.63) is 57.5 Å². The number of rotatable bonds is 6. The molecule has 0 aliphatic rings. The number of nitrogens with zero attached hydrogens (tertiary/aromatic N) is 1. The summed E-state index contributed by atoms with van der Waals surface area (Å²) in [6.45, 7) is 5.15. The number of carbonyl (C=O) groups excluding carboxylic acids is 1. The molecule has 0 fully saturated rings. The van der Waals surface area contributed by atoms with Gasteiger partial charge in [0.2, 0.25) is 0 Å². The first kappa shape index (κ1) is 18.5. The molecule has 25 heavy (non-hydrogen) atoms. The molecule has 1 aromatic heterocycles. The first-order valence-corrected chi connectivity index (χ1v) is 7.82. The van der Waals surface area contributed by atoms with Crippen LogP contribution in [0.3, 0.4) is 0 Å². The SMILES string of the molecule is Cc1cc(C)c([N+](=O)[O-])cc1NC(=O)NC(C)CC(O)c1ccco1. The molecule has 0 saturated heterocycles. The summed E-state index contributed by atoms with van der Waals surface area (Å²) in [5.74, 6) is 0.430. The van der Waals surface area contributed by atoms with Crippen LogP contribution in [0.4, 0.5) is 16.2 Å². The second-order valence-corrected chi connectivity index (χ2v) is 5.98. The van der Waals surface area contributed by atoms with E-state index in [0.29, 0.717) is 17.0 Å². The van der Waals surface area contributed by atoms with E-state index in [4.69, 9.17) is 4.42 Å². The van der Waals surface area contributed by atoms with Crippen LogP contribution in [0.15, 0.2) is 34.9 Å². The Labute approximate surface area is 145 Å². The number of hydrogen-bond acceptors (Lipinski definition) is 5. The lowest BCUT2D eigenvalue weighted by Crippen LogP contribution is -2.37. The van der Waals surface area contributed by atoms with E-state index < -0.39 is 17.1 Å². The first-order valence-electron chi connectivity index (χ1n) is 7.82. The number of furan rings is 1. The van der Waals surface area contributed by atoms with Gasteiger partial charge in [0, 0.05) is 24.1 Å². The second kappa shape index (κ2) is 7.80. The Kier molecular flexibility index (Phi) is 5.76. The molecule has 0 bridgehead atoms. The molecule has 0 spiro atoms. The molecular formula is C17H21N3O5. The zero-order chi connectivity index (χ0) is 18.6. The topological polar surface area (TPSA) is 118 Å². The summed E-state index contributed by atoms with van der Waals surface area (Å²) < 4.78 is 5.12. The minimum Gasteiger partial charge on any atom is -0.467 e. The highest BCUT2D eigenvalue weighted by Gasteiger charge is 2.18. The number of carbonyl (C=O) groups is 1. The minimum absolute atomic E-state index is 0.0535. The number of aryl methyl sites for hydroxylation is 2. The lowest BCUT2D eigenvalue weighted by molar-refractivity contribution is -0.385. The lowest BCUT2D eigenvalue weighted by atomic mass is 10.1. The highest BCUT2D eigenvalue weighted by molar-refractivity contribution is 5.90. The second-order valence-electron chi connectivity index (χ2n) is 5.98. The van der Waals surface area contributed by atoms with Crippen molar-refractivity contribution in [1.29, 1.82) is 0 Å². The summed E-state index contributed by atoms with van der Waals surface area (Å²) in [5.41, 5.74) is 1.57. The Morgan fingerprint density at radius 3 is 2.68 bits per heavy atom. The monoisotopic (exact) mass is 347 g/mol. The summed E-state index contributed by atoms with van der Waals surface area (Å²) in [4.78, 5) is 22.6. The van der Waals surface area contributed by atoms with Crippen LogP contribution < -0.4 is 10.6 Å². The number of aliphatic hydroxyl groups excluding tert-OH is 1. The van der Waals surface area contributed by atoms with Crippen LogP contribution in [0.5, 0.6) is 0 Å². The maximum Gasteiger partial charge on any atom is 0.319 e. The molecule has 2 unspecified atom stereocenters. The smallest absolute Gasteiger partial charge is 0.319 e. The van der Waals surface area contributed by atoms with E-state index in [1.807, 2.05) is 0 Å². The van der Waals surface area contributed by atoms with Crippen molar-refractivity contribution in [3.63, 3.8) is 0 Å². The van der Waals surface area contributed by atoms with E-state index in [0.717, 1.165) is 5.56 Å². The highest BCUT2D eigenvalue weighted by Crippen LogP contribution is 2.26. The number of anilines is 1. The number of nitrogens with one attached hydrogen (secondary N) is 2. The van der Waals surface area contributed by atoms with Crippen LogP contribution in [0.1, 0.15) is 36.3 Å². The fraction of sp³-hybridized carbons (Fsp3) is 0.353. The van der Waals surface area contributed by atoms with Crippen LogP contribution >= 0.6 is 0 Å². The fourth-order valence-corrected chi connectivity index (χ4v) is 2.55. The normalized spacial score (nSPS) is 13.1. The summed E-state index contributed by atoms with van der Waals surface area (Å²) in [6, 6.07) is 5.49. The van der Waals surface area contributed by atoms with E-state index in [1.54, 1.807) is 39.0 Å². The van der Waals surface area contributed by atoms with Crippen LogP contribution in [0.2, 0.25) is 0 Å². The van der Waals surface area contributed by atoms with Crippen molar-refractivity contribution in [2.45, 2.75) is 39.3 Å². The van der Waals surface area contributed by atoms with Gasteiger partial charge in [-0.25, -0.2) is 4.79 Å². The standard InChI is InChI=1S/C17H21N3O5/c1-10-7-11(2)14(20(23)24)9-13(10)19-17(22)18-12(3)8-15(21)16-5-4-6-25-16/h4-7,9,12,15,21H,8H2,1-3H3,(H2,18,19,22). The van der Waals surface area contributed by atoms with Gasteiger partial charge in [0.1, 0.15) is 11.9 Å². The molecule has 8 nitrogen and oxygen atoms in total. The number of nitro groups is 1. The number of hydrogen-bond donors (Lipinski definition) is 3. The zero-order valence-corrected chi connectivity index (χ0v) is 14.3. The molecule has 3 N–H and O–H groups in total. The van der Waals surface area contributed by atoms with Crippen LogP contribution in [0, 0.1) is 24.0 Å². The third-order valence-electron chi connectivity index (χ3n) is 3.81. The van der Waals surface area contributed by atoms with Crippen LogP contribution in [-0.4, -0.2) is 22.1 Å². The molecule has 8 heteroatoms. The lowest BCUT2D eigenvalue weighted by Gasteiger charge is -2.18. The van der Waals surface area contributed by atoms with Gasteiger partial charge in [-0.05, 0) is 44.5 Å². The minimum atomic E-state index is -0.826. The van der Waals surface area contributed by atoms with Gasteiger partial charge < -0.3 is 20.2 Å². The molecule has 0 aliphatic carbocycles.